The third-order valence-corrected chi connectivity index (χ3v) is 6.92. The number of carbonyl (C=O) groups is 4. The van der Waals surface area contributed by atoms with Gasteiger partial charge in [0.15, 0.2) is 5.78 Å². The number of carbonyl (C=O) groups excluding carboxylic acids is 4. The smallest absolute Gasteiger partial charge is 0.254 e. The van der Waals surface area contributed by atoms with Gasteiger partial charge < -0.3 is 15.1 Å². The number of nitrogens with one attached hydrogen (secondary N) is 1. The van der Waals surface area contributed by atoms with Gasteiger partial charge in [-0.15, -0.1) is 0 Å². The van der Waals surface area contributed by atoms with Crippen molar-refractivity contribution in [3.8, 4) is 0 Å². The molecule has 3 amide bonds. The molecule has 35 heavy (non-hydrogen) atoms. The summed E-state index contributed by atoms with van der Waals surface area (Å²) in [5, 5.41) is 2.91. The summed E-state index contributed by atoms with van der Waals surface area (Å²) in [7, 11) is 0. The van der Waals surface area contributed by atoms with Crippen molar-refractivity contribution in [2.45, 2.75) is 58.2 Å². The van der Waals surface area contributed by atoms with Crippen LogP contribution in [0.15, 0.2) is 54.6 Å². The maximum atomic E-state index is 13.6. The number of amides is 3. The lowest BCUT2D eigenvalue weighted by Crippen LogP contribution is -2.53. The van der Waals surface area contributed by atoms with E-state index >= 15 is 0 Å². The van der Waals surface area contributed by atoms with Gasteiger partial charge in [-0.2, -0.15) is 0 Å². The van der Waals surface area contributed by atoms with Gasteiger partial charge in [-0.05, 0) is 55.0 Å². The second-order valence-electron chi connectivity index (χ2n) is 9.80. The average molecular weight is 476 g/mol. The molecule has 3 atom stereocenters. The van der Waals surface area contributed by atoms with Gasteiger partial charge in [-0.3, -0.25) is 19.2 Å². The van der Waals surface area contributed by atoms with E-state index in [1.807, 2.05) is 32.0 Å². The Labute approximate surface area is 206 Å². The Hall–Kier alpha value is -3.48. The van der Waals surface area contributed by atoms with Crippen molar-refractivity contribution in [2.24, 2.45) is 5.92 Å². The Bertz CT molecular complexity index is 1100. The first-order valence-corrected chi connectivity index (χ1v) is 12.4. The Balaban J connectivity index is 1.50. The summed E-state index contributed by atoms with van der Waals surface area (Å²) in [4.78, 5) is 55.8. The third kappa shape index (κ3) is 5.14. The number of rotatable bonds is 7. The monoisotopic (exact) mass is 475 g/mol. The SMILES string of the molecule is CCc1ccc(C(=O)N[C@@H](CC(C)C)C(=O)N2CC[C@@H]3[C@H]2C(=O)CN3C(=O)c2ccccc2)cc1. The van der Waals surface area contributed by atoms with Gasteiger partial charge in [0.05, 0.1) is 12.6 Å². The molecular weight excluding hydrogens is 442 g/mol. The fourth-order valence-electron chi connectivity index (χ4n) is 5.11. The number of Topliss-reactive ketones (excluding diaryl/α,β-unsaturated/α-hetero) is 1. The van der Waals surface area contributed by atoms with Crippen LogP contribution in [0.5, 0.6) is 0 Å². The first-order valence-electron chi connectivity index (χ1n) is 12.4. The minimum Gasteiger partial charge on any atom is -0.340 e. The van der Waals surface area contributed by atoms with Crippen molar-refractivity contribution in [1.82, 2.24) is 15.1 Å². The number of nitrogens with zero attached hydrogens (tertiary/aromatic N) is 2. The van der Waals surface area contributed by atoms with Crippen LogP contribution in [0, 0.1) is 5.92 Å². The minimum absolute atomic E-state index is 0.00216. The van der Waals surface area contributed by atoms with Gasteiger partial charge >= 0.3 is 0 Å². The van der Waals surface area contributed by atoms with Gasteiger partial charge in [-0.25, -0.2) is 0 Å². The van der Waals surface area contributed by atoms with Gasteiger partial charge in [0.2, 0.25) is 5.91 Å². The van der Waals surface area contributed by atoms with E-state index in [0.717, 1.165) is 12.0 Å². The first kappa shape index (κ1) is 24.6. The molecule has 2 aliphatic rings. The van der Waals surface area contributed by atoms with Crippen molar-refractivity contribution in [2.75, 3.05) is 13.1 Å². The molecule has 2 aromatic carbocycles. The summed E-state index contributed by atoms with van der Waals surface area (Å²) in [5.74, 6) is -0.716. The number of aryl methyl sites for hydroxylation is 1. The molecular formula is C28H33N3O4. The molecule has 1 N–H and O–H groups in total. The van der Waals surface area contributed by atoms with Gasteiger partial charge in [0.1, 0.15) is 12.1 Å². The predicted molar refractivity (Wildman–Crippen MR) is 133 cm³/mol. The van der Waals surface area contributed by atoms with Crippen molar-refractivity contribution >= 4 is 23.5 Å². The first-order chi connectivity index (χ1) is 16.8. The molecule has 0 radical (unpaired) electrons. The van der Waals surface area contributed by atoms with E-state index in [0.29, 0.717) is 30.5 Å². The van der Waals surface area contributed by atoms with E-state index in [2.05, 4.69) is 12.2 Å². The zero-order valence-corrected chi connectivity index (χ0v) is 20.6. The highest BCUT2D eigenvalue weighted by molar-refractivity contribution is 6.03. The molecule has 2 aliphatic heterocycles. The van der Waals surface area contributed by atoms with Crippen LogP contribution < -0.4 is 5.32 Å². The Kier molecular flexibility index (Phi) is 7.34. The van der Waals surface area contributed by atoms with Crippen LogP contribution in [-0.4, -0.2) is 64.5 Å². The Morgan fingerprint density at radius 1 is 0.971 bits per heavy atom. The minimum atomic E-state index is -0.737. The van der Waals surface area contributed by atoms with Crippen LogP contribution >= 0.6 is 0 Å². The normalized spacial score (nSPS) is 20.2. The van der Waals surface area contributed by atoms with Crippen molar-refractivity contribution in [3.05, 3.63) is 71.3 Å². The zero-order valence-electron chi connectivity index (χ0n) is 20.6. The molecule has 0 saturated carbocycles. The number of hydrogen-bond donors (Lipinski definition) is 1. The topological polar surface area (TPSA) is 86.8 Å². The maximum absolute atomic E-state index is 13.6. The molecule has 2 heterocycles. The molecule has 184 valence electrons. The molecule has 0 aromatic heterocycles. The Morgan fingerprint density at radius 3 is 2.29 bits per heavy atom. The fourth-order valence-corrected chi connectivity index (χ4v) is 5.11. The molecule has 0 aliphatic carbocycles. The van der Waals surface area contributed by atoms with Crippen molar-refractivity contribution < 1.29 is 19.2 Å². The number of fused-ring (bicyclic) bond motifs is 1. The zero-order chi connectivity index (χ0) is 25.1. The van der Waals surface area contributed by atoms with Crippen LogP contribution in [-0.2, 0) is 16.0 Å². The van der Waals surface area contributed by atoms with Gasteiger partial charge in [0.25, 0.3) is 11.8 Å². The number of hydrogen-bond acceptors (Lipinski definition) is 4. The van der Waals surface area contributed by atoms with E-state index in [9.17, 15) is 19.2 Å². The lowest BCUT2D eigenvalue weighted by molar-refractivity contribution is -0.138. The molecule has 0 unspecified atom stereocenters. The van der Waals surface area contributed by atoms with Crippen molar-refractivity contribution in [3.63, 3.8) is 0 Å². The van der Waals surface area contributed by atoms with Crippen LogP contribution in [0.1, 0.15) is 59.9 Å². The molecule has 0 spiro atoms. The van der Waals surface area contributed by atoms with Crippen LogP contribution in [0.2, 0.25) is 0 Å². The molecule has 2 saturated heterocycles. The van der Waals surface area contributed by atoms with Crippen LogP contribution in [0.25, 0.3) is 0 Å². The molecule has 0 bridgehead atoms. The fraction of sp³-hybridized carbons (Fsp3) is 0.429. The van der Waals surface area contributed by atoms with E-state index in [-0.39, 0.29) is 42.0 Å². The number of benzene rings is 2. The molecule has 2 aromatic rings. The largest absolute Gasteiger partial charge is 0.340 e. The van der Waals surface area contributed by atoms with Gasteiger partial charge in [-0.1, -0.05) is 51.1 Å². The summed E-state index contributed by atoms with van der Waals surface area (Å²) >= 11 is 0. The number of ketones is 1. The number of likely N-dealkylation sites (tertiary alicyclic amines) is 2. The van der Waals surface area contributed by atoms with E-state index < -0.39 is 12.1 Å². The standard InChI is InChI=1S/C28H33N3O4/c1-4-19-10-12-20(13-11-19)26(33)29-22(16-18(2)3)28(35)30-15-14-23-25(30)24(32)17-31(23)27(34)21-8-6-5-7-9-21/h5-13,18,22-23,25H,4,14-17H2,1-3H3,(H,29,33)/t22-,23+,25-/m0/s1. The summed E-state index contributed by atoms with van der Waals surface area (Å²) in [5.41, 5.74) is 2.17. The van der Waals surface area contributed by atoms with Gasteiger partial charge in [0, 0.05) is 17.7 Å². The Morgan fingerprint density at radius 2 is 1.66 bits per heavy atom. The second kappa shape index (κ2) is 10.4. The lowest BCUT2D eigenvalue weighted by atomic mass is 10.0. The highest BCUT2D eigenvalue weighted by Gasteiger charge is 2.52. The molecule has 7 nitrogen and oxygen atoms in total. The highest BCUT2D eigenvalue weighted by atomic mass is 16.2. The quantitative estimate of drug-likeness (QED) is 0.667. The molecule has 7 heteroatoms. The summed E-state index contributed by atoms with van der Waals surface area (Å²) in [6.45, 7) is 6.42. The van der Waals surface area contributed by atoms with Crippen LogP contribution in [0.3, 0.4) is 0 Å². The maximum Gasteiger partial charge on any atom is 0.254 e. The second-order valence-corrected chi connectivity index (χ2v) is 9.80. The van der Waals surface area contributed by atoms with Crippen LogP contribution in [0.4, 0.5) is 0 Å². The van der Waals surface area contributed by atoms with E-state index in [4.69, 9.17) is 0 Å². The summed E-state index contributed by atoms with van der Waals surface area (Å²) < 4.78 is 0. The summed E-state index contributed by atoms with van der Waals surface area (Å²) in [6, 6.07) is 14.5. The molecule has 2 fully saturated rings. The average Bonchev–Trinajstić information content (AvgIpc) is 3.44. The van der Waals surface area contributed by atoms with E-state index in [1.54, 1.807) is 46.2 Å². The van der Waals surface area contributed by atoms with Crippen molar-refractivity contribution in [1.29, 1.82) is 0 Å². The summed E-state index contributed by atoms with van der Waals surface area (Å²) in [6.07, 6.45) is 1.89. The molecule has 4 rings (SSSR count). The van der Waals surface area contributed by atoms with E-state index in [1.165, 1.54) is 0 Å². The lowest BCUT2D eigenvalue weighted by Gasteiger charge is -2.29. The third-order valence-electron chi connectivity index (χ3n) is 6.92. The highest BCUT2D eigenvalue weighted by Crippen LogP contribution is 2.31. The predicted octanol–water partition coefficient (Wildman–Crippen LogP) is 3.09.